The molecule has 0 aliphatic heterocycles. The Hall–Kier alpha value is -2.37. The summed E-state index contributed by atoms with van der Waals surface area (Å²) in [4.78, 5) is 16.3. The third-order valence-electron chi connectivity index (χ3n) is 3.32. The molecule has 112 valence electrons. The summed E-state index contributed by atoms with van der Waals surface area (Å²) in [7, 11) is 1.87. The Morgan fingerprint density at radius 3 is 2.81 bits per heavy atom. The third kappa shape index (κ3) is 3.39. The Bertz CT molecular complexity index is 649. The summed E-state index contributed by atoms with van der Waals surface area (Å²) in [6, 6.07) is 3.54. The van der Waals surface area contributed by atoms with Gasteiger partial charge in [-0.15, -0.1) is 0 Å². The number of hydrogen-bond donors (Lipinski definition) is 1. The molecule has 1 N–H and O–H groups in total. The van der Waals surface area contributed by atoms with Gasteiger partial charge >= 0.3 is 0 Å². The summed E-state index contributed by atoms with van der Waals surface area (Å²) in [6.07, 6.45) is 1.92. The second kappa shape index (κ2) is 6.39. The molecule has 2 aromatic heterocycles. The predicted octanol–water partition coefficient (Wildman–Crippen LogP) is 2.01. The monoisotopic (exact) mass is 288 g/mol. The number of pyridine rings is 1. The number of hydrogen-bond acceptors (Lipinski definition) is 4. The molecule has 0 spiro atoms. The van der Waals surface area contributed by atoms with Crippen molar-refractivity contribution in [1.82, 2.24) is 14.8 Å². The van der Waals surface area contributed by atoms with Gasteiger partial charge in [0.2, 0.25) is 11.8 Å². The van der Waals surface area contributed by atoms with Crippen molar-refractivity contribution in [3.8, 4) is 5.88 Å². The highest BCUT2D eigenvalue weighted by Gasteiger charge is 2.15. The first-order valence-corrected chi connectivity index (χ1v) is 6.89. The van der Waals surface area contributed by atoms with E-state index in [9.17, 15) is 4.79 Å². The van der Waals surface area contributed by atoms with Gasteiger partial charge < -0.3 is 10.1 Å². The van der Waals surface area contributed by atoms with Crippen molar-refractivity contribution in [2.45, 2.75) is 27.2 Å². The molecule has 0 aliphatic carbocycles. The molecule has 1 amide bonds. The van der Waals surface area contributed by atoms with Gasteiger partial charge in [0.05, 0.1) is 18.7 Å². The van der Waals surface area contributed by atoms with Gasteiger partial charge in [0.15, 0.2) is 0 Å². The number of nitrogens with zero attached hydrogens (tertiary/aromatic N) is 3. The molecule has 2 rings (SSSR count). The van der Waals surface area contributed by atoms with Gasteiger partial charge in [0.25, 0.3) is 0 Å². The van der Waals surface area contributed by atoms with Gasteiger partial charge in [0.1, 0.15) is 5.69 Å². The number of aromatic nitrogens is 3. The molecule has 21 heavy (non-hydrogen) atoms. The van der Waals surface area contributed by atoms with E-state index >= 15 is 0 Å². The van der Waals surface area contributed by atoms with Crippen molar-refractivity contribution in [2.75, 3.05) is 11.9 Å². The zero-order valence-electron chi connectivity index (χ0n) is 12.8. The van der Waals surface area contributed by atoms with Crippen LogP contribution in [0.4, 0.5) is 5.69 Å². The van der Waals surface area contributed by atoms with E-state index in [2.05, 4.69) is 15.4 Å². The SMILES string of the molecule is CCOc1ncccc1NC(=O)Cc1c(C)nn(C)c1C. The third-order valence-corrected chi connectivity index (χ3v) is 3.32. The number of carbonyl (C=O) groups is 1. The molecule has 0 fully saturated rings. The Morgan fingerprint density at radius 2 is 2.19 bits per heavy atom. The molecule has 0 aromatic carbocycles. The number of rotatable bonds is 5. The molecular formula is C15H20N4O2. The van der Waals surface area contributed by atoms with Gasteiger partial charge in [-0.2, -0.15) is 5.10 Å². The Kier molecular flexibility index (Phi) is 4.57. The first-order valence-electron chi connectivity index (χ1n) is 6.89. The summed E-state index contributed by atoms with van der Waals surface area (Å²) in [5.74, 6) is 0.330. The largest absolute Gasteiger partial charge is 0.476 e. The maximum Gasteiger partial charge on any atom is 0.237 e. The maximum absolute atomic E-state index is 12.2. The molecule has 6 nitrogen and oxygen atoms in total. The van der Waals surface area contributed by atoms with Crippen LogP contribution in [0.15, 0.2) is 18.3 Å². The van der Waals surface area contributed by atoms with Crippen molar-refractivity contribution in [1.29, 1.82) is 0 Å². The fourth-order valence-corrected chi connectivity index (χ4v) is 2.17. The number of nitrogens with one attached hydrogen (secondary N) is 1. The van der Waals surface area contributed by atoms with Crippen molar-refractivity contribution >= 4 is 11.6 Å². The van der Waals surface area contributed by atoms with Crippen LogP contribution in [0.25, 0.3) is 0 Å². The zero-order chi connectivity index (χ0) is 15.4. The summed E-state index contributed by atoms with van der Waals surface area (Å²) in [5, 5.41) is 7.16. The Morgan fingerprint density at radius 1 is 1.43 bits per heavy atom. The summed E-state index contributed by atoms with van der Waals surface area (Å²) in [5.41, 5.74) is 3.42. The van der Waals surface area contributed by atoms with Gasteiger partial charge in [-0.05, 0) is 32.9 Å². The second-order valence-corrected chi connectivity index (χ2v) is 4.79. The van der Waals surface area contributed by atoms with E-state index in [4.69, 9.17) is 4.74 Å². The van der Waals surface area contributed by atoms with Crippen molar-refractivity contribution in [3.05, 3.63) is 35.3 Å². The zero-order valence-corrected chi connectivity index (χ0v) is 12.8. The summed E-state index contributed by atoms with van der Waals surface area (Å²) >= 11 is 0. The topological polar surface area (TPSA) is 69.0 Å². The van der Waals surface area contributed by atoms with E-state index in [1.54, 1.807) is 23.0 Å². The van der Waals surface area contributed by atoms with E-state index < -0.39 is 0 Å². The standard InChI is InChI=1S/C15H20N4O2/c1-5-21-15-13(7-6-8-16-15)17-14(20)9-12-10(2)18-19(4)11(12)3/h6-8H,5,9H2,1-4H3,(H,17,20). The quantitative estimate of drug-likeness (QED) is 0.913. The van der Waals surface area contributed by atoms with Gasteiger partial charge in [-0.3, -0.25) is 9.48 Å². The molecule has 0 bridgehead atoms. The smallest absolute Gasteiger partial charge is 0.237 e. The first-order chi connectivity index (χ1) is 10.0. The van der Waals surface area contributed by atoms with E-state index in [-0.39, 0.29) is 12.3 Å². The molecular weight excluding hydrogens is 268 g/mol. The molecule has 0 unspecified atom stereocenters. The van der Waals surface area contributed by atoms with Crippen LogP contribution < -0.4 is 10.1 Å². The predicted molar refractivity (Wildman–Crippen MR) is 80.4 cm³/mol. The van der Waals surface area contributed by atoms with E-state index in [0.29, 0.717) is 18.2 Å². The highest BCUT2D eigenvalue weighted by atomic mass is 16.5. The molecule has 0 saturated carbocycles. The molecule has 0 aliphatic rings. The lowest BCUT2D eigenvalue weighted by Gasteiger charge is -2.10. The highest BCUT2D eigenvalue weighted by molar-refractivity contribution is 5.93. The minimum atomic E-state index is -0.108. The molecule has 6 heteroatoms. The van der Waals surface area contributed by atoms with Crippen LogP contribution in [0.1, 0.15) is 23.9 Å². The normalized spacial score (nSPS) is 10.5. The van der Waals surface area contributed by atoms with Crippen LogP contribution in [0, 0.1) is 13.8 Å². The fraction of sp³-hybridized carbons (Fsp3) is 0.400. The van der Waals surface area contributed by atoms with E-state index in [1.807, 2.05) is 27.8 Å². The van der Waals surface area contributed by atoms with Crippen molar-refractivity contribution in [2.24, 2.45) is 7.05 Å². The summed E-state index contributed by atoms with van der Waals surface area (Å²) in [6.45, 7) is 6.24. The van der Waals surface area contributed by atoms with E-state index in [1.165, 1.54) is 0 Å². The maximum atomic E-state index is 12.2. The molecule has 2 aromatic rings. The van der Waals surface area contributed by atoms with Crippen LogP contribution in [0.5, 0.6) is 5.88 Å². The molecule has 0 saturated heterocycles. The van der Waals surface area contributed by atoms with Crippen LogP contribution in [-0.4, -0.2) is 27.3 Å². The lowest BCUT2D eigenvalue weighted by molar-refractivity contribution is -0.115. The van der Waals surface area contributed by atoms with Crippen LogP contribution >= 0.6 is 0 Å². The Labute approximate surface area is 124 Å². The number of anilines is 1. The average molecular weight is 288 g/mol. The molecule has 0 radical (unpaired) electrons. The lowest BCUT2D eigenvalue weighted by Crippen LogP contribution is -2.16. The van der Waals surface area contributed by atoms with Crippen molar-refractivity contribution < 1.29 is 9.53 Å². The van der Waals surface area contributed by atoms with Gasteiger partial charge in [-0.1, -0.05) is 0 Å². The number of aryl methyl sites for hydroxylation is 2. The molecule has 0 atom stereocenters. The molecule has 2 heterocycles. The Balaban J connectivity index is 2.12. The minimum Gasteiger partial charge on any atom is -0.476 e. The fourth-order valence-electron chi connectivity index (χ4n) is 2.17. The van der Waals surface area contributed by atoms with E-state index in [0.717, 1.165) is 17.0 Å². The number of amides is 1. The van der Waals surface area contributed by atoms with Crippen LogP contribution in [-0.2, 0) is 18.3 Å². The highest BCUT2D eigenvalue weighted by Crippen LogP contribution is 2.21. The van der Waals surface area contributed by atoms with Crippen molar-refractivity contribution in [3.63, 3.8) is 0 Å². The average Bonchev–Trinajstić information content (AvgIpc) is 2.68. The van der Waals surface area contributed by atoms with Gasteiger partial charge in [0, 0.05) is 24.5 Å². The second-order valence-electron chi connectivity index (χ2n) is 4.79. The first kappa shape index (κ1) is 15.0. The van der Waals surface area contributed by atoms with Crippen LogP contribution in [0.2, 0.25) is 0 Å². The van der Waals surface area contributed by atoms with Gasteiger partial charge in [-0.25, -0.2) is 4.98 Å². The van der Waals surface area contributed by atoms with Crippen LogP contribution in [0.3, 0.4) is 0 Å². The minimum absolute atomic E-state index is 0.108. The number of ether oxygens (including phenoxy) is 1. The number of carbonyl (C=O) groups excluding carboxylic acids is 1. The summed E-state index contributed by atoms with van der Waals surface area (Å²) < 4.78 is 7.18. The lowest BCUT2D eigenvalue weighted by atomic mass is 10.1.